The van der Waals surface area contributed by atoms with Crippen LogP contribution in [0.25, 0.3) is 6.08 Å². The molecule has 0 saturated heterocycles. The van der Waals surface area contributed by atoms with Gasteiger partial charge in [0.05, 0.1) is 4.99 Å². The summed E-state index contributed by atoms with van der Waals surface area (Å²) < 4.78 is 1.04. The highest BCUT2D eigenvalue weighted by molar-refractivity contribution is 9.10. The van der Waals surface area contributed by atoms with Gasteiger partial charge < -0.3 is 15.5 Å². The number of thiocarbonyl (C=S) groups is 1. The van der Waals surface area contributed by atoms with Gasteiger partial charge in [-0.05, 0) is 41.5 Å². The monoisotopic (exact) mass is 363 g/mol. The Morgan fingerprint density at radius 3 is 2.48 bits per heavy atom. The molecule has 21 heavy (non-hydrogen) atoms. The second kappa shape index (κ2) is 7.24. The molecule has 0 atom stereocenters. The third-order valence-electron chi connectivity index (χ3n) is 2.81. The summed E-state index contributed by atoms with van der Waals surface area (Å²) in [5.41, 5.74) is 1.90. The third kappa shape index (κ3) is 4.88. The largest absolute Gasteiger partial charge is 0.504 e. The molecule has 0 aliphatic carbocycles. The number of rotatable bonds is 4. The van der Waals surface area contributed by atoms with Gasteiger partial charge in [0, 0.05) is 11.0 Å². The van der Waals surface area contributed by atoms with Crippen molar-refractivity contribution in [2.75, 3.05) is 0 Å². The summed E-state index contributed by atoms with van der Waals surface area (Å²) in [6.07, 6.45) is 3.52. The molecule has 0 unspecified atom stereocenters. The summed E-state index contributed by atoms with van der Waals surface area (Å²) in [4.78, 5) is 0.602. The highest BCUT2D eigenvalue weighted by Crippen LogP contribution is 2.25. The third-order valence-corrected chi connectivity index (χ3v) is 3.62. The van der Waals surface area contributed by atoms with Crippen LogP contribution in [0.15, 0.2) is 53.0 Å². The van der Waals surface area contributed by atoms with Gasteiger partial charge in [-0.1, -0.05) is 52.4 Å². The van der Waals surface area contributed by atoms with E-state index in [9.17, 15) is 10.2 Å². The maximum absolute atomic E-state index is 9.40. The van der Waals surface area contributed by atoms with Crippen LogP contribution in [0.5, 0.6) is 11.5 Å². The quantitative estimate of drug-likeness (QED) is 0.436. The van der Waals surface area contributed by atoms with Crippen molar-refractivity contribution in [2.45, 2.75) is 6.54 Å². The molecular weight excluding hydrogens is 350 g/mol. The lowest BCUT2D eigenvalue weighted by Crippen LogP contribution is -2.18. The van der Waals surface area contributed by atoms with Gasteiger partial charge in [-0.25, -0.2) is 0 Å². The first-order valence-corrected chi connectivity index (χ1v) is 7.47. The van der Waals surface area contributed by atoms with Gasteiger partial charge in [0.2, 0.25) is 0 Å². The van der Waals surface area contributed by atoms with E-state index < -0.39 is 0 Å². The molecule has 3 N–H and O–H groups in total. The van der Waals surface area contributed by atoms with Crippen LogP contribution < -0.4 is 5.32 Å². The van der Waals surface area contributed by atoms with Crippen LogP contribution in [0.4, 0.5) is 0 Å². The zero-order valence-electron chi connectivity index (χ0n) is 11.1. The lowest BCUT2D eigenvalue weighted by Gasteiger charge is -2.05. The number of nitrogens with one attached hydrogen (secondary N) is 1. The van der Waals surface area contributed by atoms with Gasteiger partial charge in [-0.15, -0.1) is 0 Å². The van der Waals surface area contributed by atoms with Crippen molar-refractivity contribution in [1.29, 1.82) is 0 Å². The Kier molecular flexibility index (Phi) is 5.36. The number of hydrogen-bond acceptors (Lipinski definition) is 3. The van der Waals surface area contributed by atoms with Crippen molar-refractivity contribution in [3.05, 3.63) is 64.1 Å². The van der Waals surface area contributed by atoms with Crippen molar-refractivity contribution in [3.8, 4) is 11.5 Å². The molecule has 3 nitrogen and oxygen atoms in total. The second-order valence-corrected chi connectivity index (χ2v) is 5.78. The molecular formula is C16H14BrNO2S. The van der Waals surface area contributed by atoms with Gasteiger partial charge in [-0.2, -0.15) is 0 Å². The lowest BCUT2D eigenvalue weighted by molar-refractivity contribution is 0.403. The van der Waals surface area contributed by atoms with Crippen LogP contribution in [0.1, 0.15) is 11.1 Å². The van der Waals surface area contributed by atoms with Crippen LogP contribution in [-0.2, 0) is 6.54 Å². The zero-order chi connectivity index (χ0) is 15.2. The van der Waals surface area contributed by atoms with Gasteiger partial charge >= 0.3 is 0 Å². The molecule has 0 fully saturated rings. The van der Waals surface area contributed by atoms with E-state index in [1.807, 2.05) is 24.3 Å². The standard InChI is InChI=1S/C16H14BrNO2S/c17-13-5-1-12(2-6-13)10-18-16(21)8-4-11-3-7-14(19)15(20)9-11/h1-9,19-20H,10H2,(H,18,21)/b8-4+. The molecule has 5 heteroatoms. The summed E-state index contributed by atoms with van der Waals surface area (Å²) >= 11 is 8.61. The molecule has 0 spiro atoms. The average molecular weight is 364 g/mol. The average Bonchev–Trinajstić information content (AvgIpc) is 2.48. The van der Waals surface area contributed by atoms with Gasteiger partial charge in [0.25, 0.3) is 0 Å². The molecule has 0 saturated carbocycles. The van der Waals surface area contributed by atoms with Crippen molar-refractivity contribution in [2.24, 2.45) is 0 Å². The molecule has 0 aliphatic rings. The minimum atomic E-state index is -0.147. The summed E-state index contributed by atoms with van der Waals surface area (Å²) in [5.74, 6) is -0.283. The lowest BCUT2D eigenvalue weighted by atomic mass is 10.2. The molecule has 0 amide bonds. The molecule has 2 aromatic rings. The Bertz CT molecular complexity index is 668. The van der Waals surface area contributed by atoms with Gasteiger partial charge in [0.1, 0.15) is 0 Å². The predicted molar refractivity (Wildman–Crippen MR) is 92.4 cm³/mol. The van der Waals surface area contributed by atoms with Crippen molar-refractivity contribution >= 4 is 39.2 Å². The fourth-order valence-corrected chi connectivity index (χ4v) is 2.07. The number of aromatic hydroxyl groups is 2. The van der Waals surface area contributed by atoms with Crippen molar-refractivity contribution in [1.82, 2.24) is 5.32 Å². The highest BCUT2D eigenvalue weighted by atomic mass is 79.9. The van der Waals surface area contributed by atoms with E-state index in [-0.39, 0.29) is 11.5 Å². The normalized spacial score (nSPS) is 10.7. The van der Waals surface area contributed by atoms with Gasteiger partial charge in [-0.3, -0.25) is 0 Å². The van der Waals surface area contributed by atoms with E-state index in [0.29, 0.717) is 11.5 Å². The Balaban J connectivity index is 1.90. The Morgan fingerprint density at radius 1 is 1.10 bits per heavy atom. The van der Waals surface area contributed by atoms with Crippen molar-refractivity contribution < 1.29 is 10.2 Å². The fourth-order valence-electron chi connectivity index (χ4n) is 1.67. The minimum absolute atomic E-state index is 0.136. The molecule has 0 radical (unpaired) electrons. The first-order chi connectivity index (χ1) is 10.0. The van der Waals surface area contributed by atoms with Crippen LogP contribution in [0.3, 0.4) is 0 Å². The summed E-state index contributed by atoms with van der Waals surface area (Å²) in [6.45, 7) is 0.650. The maximum Gasteiger partial charge on any atom is 0.157 e. The topological polar surface area (TPSA) is 52.5 Å². The number of phenols is 2. The number of hydrogen-bond donors (Lipinski definition) is 3. The molecule has 108 valence electrons. The summed E-state index contributed by atoms with van der Waals surface area (Å²) in [6, 6.07) is 12.6. The predicted octanol–water partition coefficient (Wildman–Crippen LogP) is 3.99. The number of benzene rings is 2. The van der Waals surface area contributed by atoms with E-state index in [1.54, 1.807) is 18.2 Å². The smallest absolute Gasteiger partial charge is 0.157 e. The molecule has 0 heterocycles. The zero-order valence-corrected chi connectivity index (χ0v) is 13.5. The number of phenolic OH excluding ortho intramolecular Hbond substituents is 2. The molecule has 0 aromatic heterocycles. The van der Waals surface area contributed by atoms with Crippen LogP contribution in [-0.4, -0.2) is 15.2 Å². The first-order valence-electron chi connectivity index (χ1n) is 6.27. The highest BCUT2D eigenvalue weighted by Gasteiger charge is 1.98. The second-order valence-electron chi connectivity index (χ2n) is 4.43. The minimum Gasteiger partial charge on any atom is -0.504 e. The summed E-state index contributed by atoms with van der Waals surface area (Å²) in [7, 11) is 0. The summed E-state index contributed by atoms with van der Waals surface area (Å²) in [5, 5.41) is 21.8. The molecule has 2 aromatic carbocycles. The van der Waals surface area contributed by atoms with Crippen LogP contribution in [0.2, 0.25) is 0 Å². The van der Waals surface area contributed by atoms with E-state index in [1.165, 1.54) is 12.1 Å². The van der Waals surface area contributed by atoms with Crippen molar-refractivity contribution in [3.63, 3.8) is 0 Å². The Labute approximate surface area is 137 Å². The first kappa shape index (κ1) is 15.5. The van der Waals surface area contributed by atoms with Crippen LogP contribution in [0, 0.1) is 0 Å². The van der Waals surface area contributed by atoms with E-state index in [0.717, 1.165) is 15.6 Å². The molecule has 2 rings (SSSR count). The SMILES string of the molecule is Oc1ccc(/C=C/C(=S)NCc2ccc(Br)cc2)cc1O. The maximum atomic E-state index is 9.40. The Hall–Kier alpha value is -1.85. The van der Waals surface area contributed by atoms with E-state index in [4.69, 9.17) is 12.2 Å². The number of halogens is 1. The molecule has 0 aliphatic heterocycles. The van der Waals surface area contributed by atoms with E-state index >= 15 is 0 Å². The van der Waals surface area contributed by atoms with Crippen LogP contribution >= 0.6 is 28.1 Å². The van der Waals surface area contributed by atoms with Gasteiger partial charge in [0.15, 0.2) is 11.5 Å². The van der Waals surface area contributed by atoms with E-state index in [2.05, 4.69) is 21.2 Å². The Morgan fingerprint density at radius 2 is 1.81 bits per heavy atom. The fraction of sp³-hybridized carbons (Fsp3) is 0.0625. The molecule has 0 bridgehead atoms.